The number of fused-ring (bicyclic) bond motifs is 1. The minimum absolute atomic E-state index is 0.417. The molecule has 1 fully saturated rings. The molecular weight excluding hydrogens is 304 g/mol. The SMILES string of the molecule is CN(CCCN1CCc2cc(C(=O)NO)cnc2C1)C1(C)CCC1. The summed E-state index contributed by atoms with van der Waals surface area (Å²) in [4.78, 5) is 20.8. The van der Waals surface area contributed by atoms with E-state index in [0.29, 0.717) is 11.1 Å². The number of pyridine rings is 1. The van der Waals surface area contributed by atoms with E-state index in [-0.39, 0.29) is 0 Å². The molecule has 0 saturated heterocycles. The molecule has 24 heavy (non-hydrogen) atoms. The Kier molecular flexibility index (Phi) is 5.18. The van der Waals surface area contributed by atoms with Gasteiger partial charge in [0.05, 0.1) is 11.3 Å². The highest BCUT2D eigenvalue weighted by Crippen LogP contribution is 2.36. The van der Waals surface area contributed by atoms with Gasteiger partial charge in [-0.25, -0.2) is 5.48 Å². The zero-order chi connectivity index (χ0) is 17.2. The van der Waals surface area contributed by atoms with Gasteiger partial charge < -0.3 is 4.90 Å². The summed E-state index contributed by atoms with van der Waals surface area (Å²) >= 11 is 0. The van der Waals surface area contributed by atoms with Crippen LogP contribution in [0.5, 0.6) is 0 Å². The monoisotopic (exact) mass is 332 g/mol. The molecule has 132 valence electrons. The van der Waals surface area contributed by atoms with Crippen LogP contribution >= 0.6 is 0 Å². The Hall–Kier alpha value is -1.50. The predicted molar refractivity (Wildman–Crippen MR) is 92.0 cm³/mol. The Balaban J connectivity index is 1.49. The van der Waals surface area contributed by atoms with Crippen LogP contribution in [0.1, 0.15) is 54.2 Å². The molecule has 1 aliphatic heterocycles. The Bertz CT molecular complexity index is 601. The highest BCUT2D eigenvalue weighted by molar-refractivity contribution is 5.93. The molecule has 0 bridgehead atoms. The molecule has 0 spiro atoms. The summed E-state index contributed by atoms with van der Waals surface area (Å²) < 4.78 is 0. The van der Waals surface area contributed by atoms with Gasteiger partial charge in [-0.2, -0.15) is 0 Å². The van der Waals surface area contributed by atoms with Crippen LogP contribution in [-0.4, -0.2) is 58.1 Å². The quantitative estimate of drug-likeness (QED) is 0.614. The first-order valence-electron chi connectivity index (χ1n) is 8.88. The second kappa shape index (κ2) is 7.17. The minimum Gasteiger partial charge on any atom is -0.301 e. The summed E-state index contributed by atoms with van der Waals surface area (Å²) in [7, 11) is 2.25. The van der Waals surface area contributed by atoms with Gasteiger partial charge in [-0.1, -0.05) is 0 Å². The van der Waals surface area contributed by atoms with E-state index >= 15 is 0 Å². The first kappa shape index (κ1) is 17.3. The molecule has 2 aliphatic rings. The summed E-state index contributed by atoms with van der Waals surface area (Å²) in [5.41, 5.74) is 4.68. The van der Waals surface area contributed by atoms with Gasteiger partial charge in [0.25, 0.3) is 5.91 Å². The highest BCUT2D eigenvalue weighted by Gasteiger charge is 2.35. The molecule has 2 N–H and O–H groups in total. The number of carbonyl (C=O) groups is 1. The van der Waals surface area contributed by atoms with Gasteiger partial charge in [0.2, 0.25) is 0 Å². The Morgan fingerprint density at radius 2 is 2.29 bits per heavy atom. The normalized spacial score (nSPS) is 19.7. The second-order valence-electron chi connectivity index (χ2n) is 7.42. The number of hydrogen-bond donors (Lipinski definition) is 2. The molecule has 3 rings (SSSR count). The molecular formula is C18H28N4O2. The largest absolute Gasteiger partial charge is 0.301 e. The second-order valence-corrected chi connectivity index (χ2v) is 7.42. The molecule has 0 unspecified atom stereocenters. The Morgan fingerprint density at radius 3 is 2.96 bits per heavy atom. The van der Waals surface area contributed by atoms with Crippen molar-refractivity contribution >= 4 is 5.91 Å². The lowest BCUT2D eigenvalue weighted by molar-refractivity contribution is 0.0521. The van der Waals surface area contributed by atoms with Crippen LogP contribution in [0.4, 0.5) is 0 Å². The van der Waals surface area contributed by atoms with Crippen LogP contribution < -0.4 is 5.48 Å². The summed E-state index contributed by atoms with van der Waals surface area (Å²) in [5, 5.41) is 8.72. The lowest BCUT2D eigenvalue weighted by Crippen LogP contribution is -2.50. The van der Waals surface area contributed by atoms with E-state index in [1.54, 1.807) is 11.7 Å². The molecule has 1 aromatic heterocycles. The highest BCUT2D eigenvalue weighted by atomic mass is 16.5. The summed E-state index contributed by atoms with van der Waals surface area (Å²) in [5.74, 6) is -0.500. The van der Waals surface area contributed by atoms with Crippen LogP contribution in [0.3, 0.4) is 0 Å². The smallest absolute Gasteiger partial charge is 0.276 e. The van der Waals surface area contributed by atoms with E-state index in [2.05, 4.69) is 28.8 Å². The van der Waals surface area contributed by atoms with Gasteiger partial charge in [-0.05, 0) is 70.8 Å². The lowest BCUT2D eigenvalue weighted by Gasteiger charge is -2.46. The molecule has 0 atom stereocenters. The summed E-state index contributed by atoms with van der Waals surface area (Å²) in [6.07, 6.45) is 7.64. The van der Waals surface area contributed by atoms with Crippen LogP contribution in [0.15, 0.2) is 12.3 Å². The molecule has 0 aromatic carbocycles. The maximum atomic E-state index is 11.5. The molecule has 6 heteroatoms. The molecule has 1 aliphatic carbocycles. The van der Waals surface area contributed by atoms with E-state index in [4.69, 9.17) is 5.21 Å². The van der Waals surface area contributed by atoms with Crippen molar-refractivity contribution in [2.75, 3.05) is 26.7 Å². The number of rotatable bonds is 6. The predicted octanol–water partition coefficient (Wildman–Crippen LogP) is 1.82. The zero-order valence-electron chi connectivity index (χ0n) is 14.7. The van der Waals surface area contributed by atoms with Crippen molar-refractivity contribution in [2.24, 2.45) is 0 Å². The van der Waals surface area contributed by atoms with E-state index in [1.165, 1.54) is 25.7 Å². The van der Waals surface area contributed by atoms with Crippen molar-refractivity contribution in [1.82, 2.24) is 20.3 Å². The number of aromatic nitrogens is 1. The van der Waals surface area contributed by atoms with Gasteiger partial charge in [0, 0.05) is 24.8 Å². The third-order valence-electron chi connectivity index (χ3n) is 5.81. The van der Waals surface area contributed by atoms with E-state index in [9.17, 15) is 4.79 Å². The third-order valence-corrected chi connectivity index (χ3v) is 5.81. The van der Waals surface area contributed by atoms with Crippen molar-refractivity contribution in [1.29, 1.82) is 0 Å². The van der Waals surface area contributed by atoms with Crippen LogP contribution in [0.2, 0.25) is 0 Å². The first-order valence-corrected chi connectivity index (χ1v) is 8.88. The number of hydroxylamine groups is 1. The maximum absolute atomic E-state index is 11.5. The molecule has 6 nitrogen and oxygen atoms in total. The first-order chi connectivity index (χ1) is 11.5. The van der Waals surface area contributed by atoms with Crippen molar-refractivity contribution in [3.63, 3.8) is 0 Å². The lowest BCUT2D eigenvalue weighted by atomic mass is 9.77. The van der Waals surface area contributed by atoms with Gasteiger partial charge in [0.15, 0.2) is 0 Å². The van der Waals surface area contributed by atoms with Crippen molar-refractivity contribution in [2.45, 2.75) is 51.1 Å². The Morgan fingerprint density at radius 1 is 1.50 bits per heavy atom. The fraction of sp³-hybridized carbons (Fsp3) is 0.667. The molecule has 2 heterocycles. The van der Waals surface area contributed by atoms with Gasteiger partial charge in [-0.3, -0.25) is 19.9 Å². The van der Waals surface area contributed by atoms with Crippen LogP contribution in [-0.2, 0) is 13.0 Å². The molecule has 1 amide bonds. The van der Waals surface area contributed by atoms with E-state index < -0.39 is 5.91 Å². The topological polar surface area (TPSA) is 68.7 Å². The molecule has 1 saturated carbocycles. The summed E-state index contributed by atoms with van der Waals surface area (Å²) in [6.45, 7) is 6.44. The number of nitrogens with one attached hydrogen (secondary N) is 1. The third kappa shape index (κ3) is 3.61. The number of hydrogen-bond acceptors (Lipinski definition) is 5. The zero-order valence-corrected chi connectivity index (χ0v) is 14.7. The van der Waals surface area contributed by atoms with Crippen LogP contribution in [0.25, 0.3) is 0 Å². The van der Waals surface area contributed by atoms with E-state index in [1.807, 2.05) is 6.07 Å². The molecule has 1 aromatic rings. The van der Waals surface area contributed by atoms with Gasteiger partial charge in [0.1, 0.15) is 0 Å². The molecule has 0 radical (unpaired) electrons. The van der Waals surface area contributed by atoms with Crippen molar-refractivity contribution < 1.29 is 10.0 Å². The Labute approximate surface area is 143 Å². The average Bonchev–Trinajstić information content (AvgIpc) is 2.58. The van der Waals surface area contributed by atoms with Gasteiger partial charge in [-0.15, -0.1) is 0 Å². The number of amides is 1. The standard InChI is InChI=1S/C18H28N4O2/c1-18(6-3-7-18)21(2)8-4-9-22-10-5-14-11-15(17(23)20-24)12-19-16(14)13-22/h11-12,24H,3-10,13H2,1-2H3,(H,20,23). The number of carbonyl (C=O) groups excluding carboxylic acids is 1. The van der Waals surface area contributed by atoms with Gasteiger partial charge >= 0.3 is 0 Å². The van der Waals surface area contributed by atoms with E-state index in [0.717, 1.165) is 43.9 Å². The fourth-order valence-electron chi connectivity index (χ4n) is 3.72. The fourth-order valence-corrected chi connectivity index (χ4v) is 3.72. The maximum Gasteiger partial charge on any atom is 0.276 e. The number of nitrogens with zero attached hydrogens (tertiary/aromatic N) is 3. The minimum atomic E-state index is -0.500. The van der Waals surface area contributed by atoms with Crippen LogP contribution in [0, 0.1) is 0 Å². The van der Waals surface area contributed by atoms with Crippen molar-refractivity contribution in [3.8, 4) is 0 Å². The summed E-state index contributed by atoms with van der Waals surface area (Å²) in [6, 6.07) is 1.84. The van der Waals surface area contributed by atoms with Crippen molar-refractivity contribution in [3.05, 3.63) is 29.1 Å². The average molecular weight is 332 g/mol.